The van der Waals surface area contributed by atoms with E-state index in [1.54, 1.807) is 6.07 Å². The molecule has 0 spiro atoms. The number of aliphatic hydroxyl groups excluding tert-OH is 1. The van der Waals surface area contributed by atoms with Gasteiger partial charge < -0.3 is 9.84 Å². The van der Waals surface area contributed by atoms with E-state index in [1.807, 2.05) is 13.0 Å². The van der Waals surface area contributed by atoms with Crippen LogP contribution in [0.25, 0.3) is 0 Å². The molecule has 0 aromatic heterocycles. The Balaban J connectivity index is 1.85. The van der Waals surface area contributed by atoms with E-state index < -0.39 is 6.10 Å². The van der Waals surface area contributed by atoms with Crippen molar-refractivity contribution < 1.29 is 14.6 Å². The zero-order valence-electron chi connectivity index (χ0n) is 11.4. The first-order valence-corrected chi connectivity index (χ1v) is 7.30. The molecule has 20 heavy (non-hydrogen) atoms. The van der Waals surface area contributed by atoms with Gasteiger partial charge in [-0.1, -0.05) is 11.6 Å². The van der Waals surface area contributed by atoms with Crippen molar-refractivity contribution in [1.29, 1.82) is 0 Å². The summed E-state index contributed by atoms with van der Waals surface area (Å²) in [7, 11) is 0. The number of halogens is 1. The molecule has 1 saturated heterocycles. The Kier molecular flexibility index (Phi) is 3.71. The van der Waals surface area contributed by atoms with E-state index in [-0.39, 0.29) is 6.04 Å². The van der Waals surface area contributed by atoms with Gasteiger partial charge >= 0.3 is 0 Å². The maximum absolute atomic E-state index is 11.3. The Bertz CT molecular complexity index is 536. The second-order valence-corrected chi connectivity index (χ2v) is 5.98. The molecule has 1 aromatic rings. The van der Waals surface area contributed by atoms with Crippen molar-refractivity contribution >= 4 is 17.4 Å². The fourth-order valence-electron chi connectivity index (χ4n) is 3.05. The van der Waals surface area contributed by atoms with E-state index in [9.17, 15) is 9.90 Å². The minimum absolute atomic E-state index is 0.103. The number of aryl methyl sites for hydroxylation is 1. The number of benzene rings is 1. The molecule has 0 radical (unpaired) electrons. The topological polar surface area (TPSA) is 49.8 Å². The summed E-state index contributed by atoms with van der Waals surface area (Å²) in [4.78, 5) is 13.5. The molecule has 2 unspecified atom stereocenters. The Labute approximate surface area is 123 Å². The lowest BCUT2D eigenvalue weighted by molar-refractivity contribution is -0.123. The van der Waals surface area contributed by atoms with Gasteiger partial charge in [-0.25, -0.2) is 0 Å². The van der Waals surface area contributed by atoms with Crippen LogP contribution in [0.4, 0.5) is 0 Å². The first-order chi connectivity index (χ1) is 9.56. The quantitative estimate of drug-likeness (QED) is 0.862. The summed E-state index contributed by atoms with van der Waals surface area (Å²) in [5.41, 5.74) is 1.70. The van der Waals surface area contributed by atoms with Gasteiger partial charge in [0.05, 0.1) is 6.04 Å². The molecule has 2 atom stereocenters. The van der Waals surface area contributed by atoms with Gasteiger partial charge in [0.15, 0.2) is 0 Å². The minimum Gasteiger partial charge on any atom is -0.491 e. The van der Waals surface area contributed by atoms with Crippen LogP contribution in [-0.2, 0) is 4.79 Å². The molecule has 2 aliphatic heterocycles. The highest BCUT2D eigenvalue weighted by Crippen LogP contribution is 2.38. The van der Waals surface area contributed by atoms with Gasteiger partial charge in [-0.2, -0.15) is 0 Å². The van der Waals surface area contributed by atoms with Gasteiger partial charge in [0.2, 0.25) is 0 Å². The zero-order chi connectivity index (χ0) is 14.3. The second-order valence-electron chi connectivity index (χ2n) is 5.54. The molecule has 1 N–H and O–H groups in total. The van der Waals surface area contributed by atoms with Gasteiger partial charge in [-0.05, 0) is 24.6 Å². The summed E-state index contributed by atoms with van der Waals surface area (Å²) in [5.74, 6) is 1.04. The maximum atomic E-state index is 11.3. The summed E-state index contributed by atoms with van der Waals surface area (Å²) >= 11 is 6.07. The van der Waals surface area contributed by atoms with Crippen molar-refractivity contribution in [3.8, 4) is 5.75 Å². The van der Waals surface area contributed by atoms with Gasteiger partial charge in [-0.3, -0.25) is 9.69 Å². The number of hydrogen-bond acceptors (Lipinski definition) is 4. The normalized spacial score (nSPS) is 27.1. The van der Waals surface area contributed by atoms with E-state index >= 15 is 0 Å². The average molecular weight is 296 g/mol. The number of hydrogen-bond donors (Lipinski definition) is 1. The SMILES string of the molecule is Cc1cc(Cl)cc2c1OCC(N1CCC(=O)CC1)C2O. The van der Waals surface area contributed by atoms with E-state index in [1.165, 1.54) is 0 Å². The fraction of sp³-hybridized carbons (Fsp3) is 0.533. The minimum atomic E-state index is -0.621. The van der Waals surface area contributed by atoms with Crippen molar-refractivity contribution in [3.05, 3.63) is 28.3 Å². The highest BCUT2D eigenvalue weighted by Gasteiger charge is 2.36. The first kappa shape index (κ1) is 13.9. The molecule has 0 amide bonds. The molecule has 3 rings (SSSR count). The third-order valence-corrected chi connectivity index (χ3v) is 4.39. The van der Waals surface area contributed by atoms with Crippen molar-refractivity contribution in [3.63, 3.8) is 0 Å². The van der Waals surface area contributed by atoms with Crippen LogP contribution < -0.4 is 4.74 Å². The molecule has 5 heteroatoms. The van der Waals surface area contributed by atoms with E-state index in [0.29, 0.717) is 43.3 Å². The summed E-state index contributed by atoms with van der Waals surface area (Å²) in [6, 6.07) is 3.51. The summed E-state index contributed by atoms with van der Waals surface area (Å²) in [6.07, 6.45) is 0.499. The molecule has 0 saturated carbocycles. The van der Waals surface area contributed by atoms with Crippen LogP contribution in [0.5, 0.6) is 5.75 Å². The number of nitrogens with zero attached hydrogens (tertiary/aromatic N) is 1. The largest absolute Gasteiger partial charge is 0.491 e. The number of likely N-dealkylation sites (tertiary alicyclic amines) is 1. The van der Waals surface area contributed by atoms with Crippen molar-refractivity contribution in [1.82, 2.24) is 4.90 Å². The molecule has 1 aromatic carbocycles. The molecule has 2 heterocycles. The monoisotopic (exact) mass is 295 g/mol. The number of rotatable bonds is 1. The number of ketones is 1. The van der Waals surface area contributed by atoms with Crippen LogP contribution in [0.2, 0.25) is 5.02 Å². The highest BCUT2D eigenvalue weighted by molar-refractivity contribution is 6.30. The lowest BCUT2D eigenvalue weighted by Gasteiger charge is -2.40. The smallest absolute Gasteiger partial charge is 0.135 e. The zero-order valence-corrected chi connectivity index (χ0v) is 12.2. The third-order valence-electron chi connectivity index (χ3n) is 4.17. The fourth-order valence-corrected chi connectivity index (χ4v) is 3.33. The summed E-state index contributed by atoms with van der Waals surface area (Å²) in [5, 5.41) is 11.2. The van der Waals surface area contributed by atoms with Crippen molar-refractivity contribution in [2.45, 2.75) is 31.9 Å². The number of fused-ring (bicyclic) bond motifs is 1. The summed E-state index contributed by atoms with van der Waals surface area (Å²) < 4.78 is 5.83. The molecule has 0 bridgehead atoms. The van der Waals surface area contributed by atoms with Gasteiger partial charge in [0.25, 0.3) is 0 Å². The lowest BCUT2D eigenvalue weighted by atomic mass is 9.94. The predicted molar refractivity (Wildman–Crippen MR) is 76.2 cm³/mol. The third kappa shape index (κ3) is 2.43. The number of carbonyl (C=O) groups is 1. The van der Waals surface area contributed by atoms with Crippen LogP contribution in [0.15, 0.2) is 12.1 Å². The molecular formula is C15H18ClNO3. The number of ether oxygens (including phenoxy) is 1. The van der Waals surface area contributed by atoms with Crippen LogP contribution in [0, 0.1) is 6.92 Å². The van der Waals surface area contributed by atoms with E-state index in [4.69, 9.17) is 16.3 Å². The number of aliphatic hydroxyl groups is 1. The molecule has 2 aliphatic rings. The Morgan fingerprint density at radius 3 is 2.75 bits per heavy atom. The molecular weight excluding hydrogens is 278 g/mol. The average Bonchev–Trinajstić information content (AvgIpc) is 2.41. The van der Waals surface area contributed by atoms with E-state index in [2.05, 4.69) is 4.90 Å². The Morgan fingerprint density at radius 2 is 2.05 bits per heavy atom. The highest BCUT2D eigenvalue weighted by atomic mass is 35.5. The standard InChI is InChI=1S/C15H18ClNO3/c1-9-6-10(16)7-12-14(19)13(8-20-15(9)12)17-4-2-11(18)3-5-17/h6-7,13-14,19H,2-5,8H2,1H3. The first-order valence-electron chi connectivity index (χ1n) is 6.93. The second kappa shape index (κ2) is 5.35. The molecule has 4 nitrogen and oxygen atoms in total. The Morgan fingerprint density at radius 1 is 1.35 bits per heavy atom. The number of Topliss-reactive ketones (excluding diaryl/α,β-unsaturated/α-hetero) is 1. The van der Waals surface area contributed by atoms with E-state index in [0.717, 1.165) is 16.9 Å². The van der Waals surface area contributed by atoms with Crippen molar-refractivity contribution in [2.75, 3.05) is 19.7 Å². The van der Waals surface area contributed by atoms with Crippen molar-refractivity contribution in [2.24, 2.45) is 0 Å². The van der Waals surface area contributed by atoms with Crippen LogP contribution in [0.1, 0.15) is 30.1 Å². The Hall–Kier alpha value is -1.10. The molecule has 1 fully saturated rings. The maximum Gasteiger partial charge on any atom is 0.135 e. The van der Waals surface area contributed by atoms with Gasteiger partial charge in [-0.15, -0.1) is 0 Å². The van der Waals surface area contributed by atoms with Crippen LogP contribution in [-0.4, -0.2) is 41.5 Å². The van der Waals surface area contributed by atoms with Gasteiger partial charge in [0.1, 0.15) is 24.2 Å². The van der Waals surface area contributed by atoms with Crippen LogP contribution in [0.3, 0.4) is 0 Å². The summed E-state index contributed by atoms with van der Waals surface area (Å²) in [6.45, 7) is 3.76. The van der Waals surface area contributed by atoms with Gasteiger partial charge in [0, 0.05) is 36.5 Å². The molecule has 108 valence electrons. The predicted octanol–water partition coefficient (Wildman–Crippen LogP) is 2.11. The lowest BCUT2D eigenvalue weighted by Crippen LogP contribution is -2.49. The number of carbonyl (C=O) groups excluding carboxylic acids is 1. The number of piperidine rings is 1. The molecule has 0 aliphatic carbocycles. The van der Waals surface area contributed by atoms with Crippen LogP contribution >= 0.6 is 11.6 Å².